The normalized spacial score (nSPS) is 17.2. The minimum atomic E-state index is -1.01. The molecule has 11 heteroatoms. The van der Waals surface area contributed by atoms with E-state index in [2.05, 4.69) is 6.92 Å². The van der Waals surface area contributed by atoms with Gasteiger partial charge in [0.25, 0.3) is 5.78 Å². The van der Waals surface area contributed by atoms with Crippen LogP contribution in [0, 0.1) is 0 Å². The Bertz CT molecular complexity index is 1760. The minimum Gasteiger partial charge on any atom is -0.507 e. The molecule has 0 aliphatic carbocycles. The maximum absolute atomic E-state index is 13.8. The van der Waals surface area contributed by atoms with Crippen LogP contribution in [0.1, 0.15) is 43.9 Å². The Morgan fingerprint density at radius 1 is 1.00 bits per heavy atom. The number of anilines is 1. The van der Waals surface area contributed by atoms with E-state index >= 15 is 0 Å². The van der Waals surface area contributed by atoms with Crippen LogP contribution >= 0.6 is 11.3 Å². The van der Waals surface area contributed by atoms with Crippen LogP contribution in [-0.2, 0) is 9.59 Å². The summed E-state index contributed by atoms with van der Waals surface area (Å²) in [6.45, 7) is 5.62. The van der Waals surface area contributed by atoms with Gasteiger partial charge in [0.1, 0.15) is 24.7 Å². The third kappa shape index (κ3) is 5.39. The molecule has 1 saturated heterocycles. The molecule has 3 heterocycles. The highest BCUT2D eigenvalue weighted by molar-refractivity contribution is 7.22. The molecule has 44 heavy (non-hydrogen) atoms. The molecular weight excluding hydrogens is 584 g/mol. The van der Waals surface area contributed by atoms with Crippen molar-refractivity contribution < 1.29 is 38.4 Å². The Balaban J connectivity index is 1.51. The second kappa shape index (κ2) is 12.5. The maximum atomic E-state index is 13.8. The standard InChI is InChI=1S/C33H32N2O8S/c1-4-6-13-41-23-11-7-19(16-25(23)40-5-2)29-28(30(36)20-8-12-24-26(17-20)43-15-14-42-24)31(37)32(38)35(29)33-34-22-10-9-21(39-3)18-27(22)44-33/h7-12,16-18,29,36H,4-6,13-15H2,1-3H3/t29-/m0/s1. The Morgan fingerprint density at radius 3 is 2.59 bits per heavy atom. The Labute approximate surface area is 258 Å². The minimum absolute atomic E-state index is 0.0781. The zero-order valence-corrected chi connectivity index (χ0v) is 25.4. The number of ether oxygens (including phenoxy) is 5. The third-order valence-electron chi connectivity index (χ3n) is 7.39. The van der Waals surface area contributed by atoms with Crippen molar-refractivity contribution in [2.45, 2.75) is 32.7 Å². The predicted octanol–water partition coefficient (Wildman–Crippen LogP) is 6.28. The summed E-state index contributed by atoms with van der Waals surface area (Å²) in [6, 6.07) is 14.6. The summed E-state index contributed by atoms with van der Waals surface area (Å²) in [5.74, 6) is 0.677. The summed E-state index contributed by atoms with van der Waals surface area (Å²) in [6.07, 6.45) is 1.86. The van der Waals surface area contributed by atoms with E-state index in [1.165, 1.54) is 16.2 Å². The molecule has 0 bridgehead atoms. The first-order valence-electron chi connectivity index (χ1n) is 14.5. The third-order valence-corrected chi connectivity index (χ3v) is 8.41. The zero-order valence-electron chi connectivity index (χ0n) is 24.6. The van der Waals surface area contributed by atoms with Gasteiger partial charge in [-0.15, -0.1) is 0 Å². The highest BCUT2D eigenvalue weighted by Crippen LogP contribution is 2.46. The quantitative estimate of drug-likeness (QED) is 0.0951. The van der Waals surface area contributed by atoms with Crippen LogP contribution in [0.5, 0.6) is 28.7 Å². The lowest BCUT2D eigenvalue weighted by atomic mass is 9.95. The number of thiazole rings is 1. The van der Waals surface area contributed by atoms with Gasteiger partial charge in [-0.3, -0.25) is 14.5 Å². The van der Waals surface area contributed by atoms with E-state index in [1.54, 1.807) is 55.6 Å². The molecule has 10 nitrogen and oxygen atoms in total. The van der Waals surface area contributed by atoms with Crippen molar-refractivity contribution in [3.63, 3.8) is 0 Å². The predicted molar refractivity (Wildman–Crippen MR) is 166 cm³/mol. The molecule has 0 unspecified atom stereocenters. The molecule has 3 aromatic carbocycles. The number of hydrogen-bond donors (Lipinski definition) is 1. The number of aliphatic hydroxyl groups is 1. The molecule has 0 spiro atoms. The number of carbonyl (C=O) groups excluding carboxylic acids is 2. The second-order valence-electron chi connectivity index (χ2n) is 10.2. The van der Waals surface area contributed by atoms with Gasteiger partial charge in [-0.05, 0) is 67.4 Å². The molecule has 2 aliphatic heterocycles. The lowest BCUT2D eigenvalue weighted by Crippen LogP contribution is -2.29. The molecule has 1 aromatic heterocycles. The van der Waals surface area contributed by atoms with E-state index in [-0.39, 0.29) is 11.3 Å². The number of carbonyl (C=O) groups is 2. The Hall–Kier alpha value is -4.77. The molecule has 1 amide bonds. The van der Waals surface area contributed by atoms with Gasteiger partial charge in [0.15, 0.2) is 28.1 Å². The van der Waals surface area contributed by atoms with Crippen molar-refractivity contribution in [1.82, 2.24) is 4.98 Å². The van der Waals surface area contributed by atoms with Gasteiger partial charge in [0.2, 0.25) is 0 Å². The maximum Gasteiger partial charge on any atom is 0.301 e. The topological polar surface area (TPSA) is 117 Å². The Kier molecular flexibility index (Phi) is 8.30. The average Bonchev–Trinajstić information content (AvgIpc) is 3.58. The number of hydrogen-bond acceptors (Lipinski definition) is 10. The number of aromatic nitrogens is 1. The van der Waals surface area contributed by atoms with Crippen LogP contribution in [0.4, 0.5) is 5.13 Å². The lowest BCUT2D eigenvalue weighted by molar-refractivity contribution is -0.132. The summed E-state index contributed by atoms with van der Waals surface area (Å²) < 4.78 is 29.4. The molecule has 6 rings (SSSR count). The fourth-order valence-electron chi connectivity index (χ4n) is 5.22. The van der Waals surface area contributed by atoms with Gasteiger partial charge in [0.05, 0.1) is 42.2 Å². The van der Waals surface area contributed by atoms with Crippen molar-refractivity contribution in [2.75, 3.05) is 38.4 Å². The first kappa shape index (κ1) is 29.3. The molecule has 0 radical (unpaired) electrons. The molecule has 228 valence electrons. The fraction of sp³-hybridized carbons (Fsp3) is 0.303. The number of fused-ring (bicyclic) bond motifs is 2. The highest BCUT2D eigenvalue weighted by atomic mass is 32.1. The monoisotopic (exact) mass is 616 g/mol. The second-order valence-corrected chi connectivity index (χ2v) is 11.2. The van der Waals surface area contributed by atoms with E-state index in [4.69, 9.17) is 28.7 Å². The molecular formula is C33H32N2O8S. The summed E-state index contributed by atoms with van der Waals surface area (Å²) >= 11 is 1.25. The van der Waals surface area contributed by atoms with Gasteiger partial charge >= 0.3 is 5.91 Å². The fourth-order valence-corrected chi connectivity index (χ4v) is 6.24. The smallest absolute Gasteiger partial charge is 0.301 e. The van der Waals surface area contributed by atoms with Crippen LogP contribution in [0.25, 0.3) is 16.0 Å². The SMILES string of the molecule is CCCCOc1ccc([C@H]2C(=C(O)c3ccc4c(c3)OCCO4)C(=O)C(=O)N2c2nc3ccc(OC)cc3s2)cc1OCC. The van der Waals surface area contributed by atoms with Crippen LogP contribution in [0.3, 0.4) is 0 Å². The van der Waals surface area contributed by atoms with Gasteiger partial charge in [0, 0.05) is 5.56 Å². The zero-order chi connectivity index (χ0) is 30.8. The molecule has 4 aromatic rings. The van der Waals surface area contributed by atoms with Crippen molar-refractivity contribution in [2.24, 2.45) is 0 Å². The van der Waals surface area contributed by atoms with Crippen molar-refractivity contribution >= 4 is 44.1 Å². The number of Topliss-reactive ketones (excluding diaryl/α,β-unsaturated/α-hetero) is 1. The van der Waals surface area contributed by atoms with E-state index in [0.717, 1.165) is 17.5 Å². The van der Waals surface area contributed by atoms with Crippen molar-refractivity contribution in [3.8, 4) is 28.7 Å². The number of ketones is 1. The molecule has 0 saturated carbocycles. The first-order chi connectivity index (χ1) is 21.4. The summed E-state index contributed by atoms with van der Waals surface area (Å²) in [5.41, 5.74) is 1.43. The number of unbranched alkanes of at least 4 members (excludes halogenated alkanes) is 1. The first-order valence-corrected chi connectivity index (χ1v) is 15.3. The van der Waals surface area contributed by atoms with Crippen LogP contribution < -0.4 is 28.6 Å². The summed E-state index contributed by atoms with van der Waals surface area (Å²) in [7, 11) is 1.57. The lowest BCUT2D eigenvalue weighted by Gasteiger charge is -2.24. The molecule has 1 fully saturated rings. The molecule has 1 N–H and O–H groups in total. The summed E-state index contributed by atoms with van der Waals surface area (Å²) in [5, 5.41) is 12.0. The van der Waals surface area contributed by atoms with E-state index in [0.29, 0.717) is 77.0 Å². The van der Waals surface area contributed by atoms with Crippen molar-refractivity contribution in [3.05, 3.63) is 71.3 Å². The number of benzene rings is 3. The van der Waals surface area contributed by atoms with Gasteiger partial charge in [-0.25, -0.2) is 4.98 Å². The van der Waals surface area contributed by atoms with E-state index in [9.17, 15) is 14.7 Å². The van der Waals surface area contributed by atoms with Crippen LogP contribution in [0.15, 0.2) is 60.2 Å². The number of aliphatic hydroxyl groups excluding tert-OH is 1. The van der Waals surface area contributed by atoms with E-state index in [1.807, 2.05) is 13.0 Å². The Morgan fingerprint density at radius 2 is 1.82 bits per heavy atom. The largest absolute Gasteiger partial charge is 0.507 e. The van der Waals surface area contributed by atoms with Crippen molar-refractivity contribution in [1.29, 1.82) is 0 Å². The van der Waals surface area contributed by atoms with Crippen LogP contribution in [0.2, 0.25) is 0 Å². The molecule has 2 aliphatic rings. The van der Waals surface area contributed by atoms with Gasteiger partial charge in [-0.1, -0.05) is 30.7 Å². The van der Waals surface area contributed by atoms with Gasteiger partial charge < -0.3 is 28.8 Å². The highest BCUT2D eigenvalue weighted by Gasteiger charge is 2.48. The number of amides is 1. The number of methoxy groups -OCH3 is 1. The summed E-state index contributed by atoms with van der Waals surface area (Å²) in [4.78, 5) is 33.6. The van der Waals surface area contributed by atoms with Gasteiger partial charge in [-0.2, -0.15) is 0 Å². The number of rotatable bonds is 10. The number of nitrogens with zero attached hydrogens (tertiary/aromatic N) is 2. The molecule has 1 atom stereocenters. The average molecular weight is 617 g/mol. The van der Waals surface area contributed by atoms with Crippen LogP contribution in [-0.4, -0.2) is 55.3 Å². The van der Waals surface area contributed by atoms with E-state index < -0.39 is 17.7 Å².